The van der Waals surface area contributed by atoms with Crippen molar-refractivity contribution in [3.05, 3.63) is 59.2 Å². The molecule has 0 saturated heterocycles. The van der Waals surface area contributed by atoms with Gasteiger partial charge in [0.25, 0.3) is 0 Å². The second-order valence-corrected chi connectivity index (χ2v) is 11.2. The summed E-state index contributed by atoms with van der Waals surface area (Å²) in [4.78, 5) is 33.3. The minimum Gasteiger partial charge on any atom is -0.444 e. The molecule has 42 heavy (non-hydrogen) atoms. The molecule has 0 saturated carbocycles. The Morgan fingerprint density at radius 3 is 1.31 bits per heavy atom. The van der Waals surface area contributed by atoms with Gasteiger partial charge in [-0.25, -0.2) is 40.7 Å². The fourth-order valence-corrected chi connectivity index (χ4v) is 2.18. The van der Waals surface area contributed by atoms with Gasteiger partial charge in [-0.3, -0.25) is 5.32 Å². The number of hydrogen-bond acceptors (Lipinski definition) is 8. The fourth-order valence-electron chi connectivity index (χ4n) is 2.18. The van der Waals surface area contributed by atoms with E-state index in [1.807, 2.05) is 5.32 Å². The number of carbonyl (C=O) groups excluding carboxylic acids is 3. The summed E-state index contributed by atoms with van der Waals surface area (Å²) in [6, 6.07) is 1.91. The number of carbonyl (C=O) groups is 3. The number of benzene rings is 2. The van der Waals surface area contributed by atoms with Crippen molar-refractivity contribution in [3.8, 4) is 0 Å². The molecular formula is C27H34F6N2O7. The molecule has 0 fully saturated rings. The molecule has 0 aliphatic carbocycles. The van der Waals surface area contributed by atoms with Crippen LogP contribution in [0.5, 0.6) is 0 Å². The molecule has 9 nitrogen and oxygen atoms in total. The van der Waals surface area contributed by atoms with Crippen LogP contribution in [-0.4, -0.2) is 35.2 Å². The van der Waals surface area contributed by atoms with E-state index in [0.717, 1.165) is 0 Å². The van der Waals surface area contributed by atoms with Gasteiger partial charge in [-0.2, -0.15) is 0 Å². The average Bonchev–Trinajstić information content (AvgIpc) is 2.73. The van der Waals surface area contributed by atoms with E-state index in [0.29, 0.717) is 24.3 Å². The van der Waals surface area contributed by atoms with Crippen molar-refractivity contribution in [1.29, 1.82) is 0 Å². The smallest absolute Gasteiger partial charge is 0.444 e. The minimum absolute atomic E-state index is 0.349. The van der Waals surface area contributed by atoms with Crippen LogP contribution in [0.25, 0.3) is 0 Å². The van der Waals surface area contributed by atoms with Crippen molar-refractivity contribution < 1.29 is 59.7 Å². The second-order valence-electron chi connectivity index (χ2n) is 11.2. The zero-order valence-electron chi connectivity index (χ0n) is 24.5. The van der Waals surface area contributed by atoms with Crippen molar-refractivity contribution in [1.82, 2.24) is 0 Å². The highest BCUT2D eigenvalue weighted by molar-refractivity contribution is 5.85. The van der Waals surface area contributed by atoms with E-state index < -0.39 is 75.8 Å². The van der Waals surface area contributed by atoms with Gasteiger partial charge in [-0.15, -0.1) is 0 Å². The first-order chi connectivity index (χ1) is 18.8. The van der Waals surface area contributed by atoms with E-state index in [9.17, 15) is 40.7 Å². The Morgan fingerprint density at radius 2 is 0.929 bits per heavy atom. The predicted octanol–water partition coefficient (Wildman–Crippen LogP) is 8.01. The largest absolute Gasteiger partial charge is 0.519 e. The number of halogens is 6. The van der Waals surface area contributed by atoms with Crippen LogP contribution in [0.1, 0.15) is 62.3 Å². The SMILES string of the molecule is CC(C)(C)OC(=O)Nc1cc(F)c(F)cc1F.CC(C)(C)OC(=O)OC(=O)OC(C)(C)C.Nc1cc(F)c(F)cc1F. The highest BCUT2D eigenvalue weighted by Gasteiger charge is 2.24. The molecule has 0 aromatic heterocycles. The topological polar surface area (TPSA) is 126 Å². The Kier molecular flexibility index (Phi) is 13.7. The molecule has 2 rings (SSSR count). The number of hydrogen-bond donors (Lipinski definition) is 2. The molecule has 0 heterocycles. The minimum atomic E-state index is -1.32. The number of nitrogen functional groups attached to an aromatic ring is 1. The van der Waals surface area contributed by atoms with E-state index in [1.54, 1.807) is 62.3 Å². The van der Waals surface area contributed by atoms with Crippen LogP contribution < -0.4 is 11.1 Å². The summed E-state index contributed by atoms with van der Waals surface area (Å²) in [5.74, 6) is -6.96. The standard InChI is InChI=1S/C11H12F3NO2.C10H18O5.C6H4F3N/c1-11(2,3)17-10(16)15-9-5-7(13)6(12)4-8(9)14;1-9(2,3)14-7(11)13-8(12)15-10(4,5)6;7-3-1-5(9)6(10)2-4(3)8/h4-5H,1-3H3,(H,15,16);1-6H3;1-2H,10H2. The molecule has 1 amide bonds. The number of anilines is 2. The first-order valence-corrected chi connectivity index (χ1v) is 12.0. The number of ether oxygens (including phenoxy) is 4. The van der Waals surface area contributed by atoms with Crippen LogP contribution in [-0.2, 0) is 18.9 Å². The van der Waals surface area contributed by atoms with Gasteiger partial charge in [0.1, 0.15) is 28.4 Å². The molecule has 0 unspecified atom stereocenters. The molecule has 0 bridgehead atoms. The van der Waals surface area contributed by atoms with Gasteiger partial charge in [-0.1, -0.05) is 0 Å². The quantitative estimate of drug-likeness (QED) is 0.0828. The summed E-state index contributed by atoms with van der Waals surface area (Å²) in [6.45, 7) is 14.9. The highest BCUT2D eigenvalue weighted by atomic mass is 19.2. The molecule has 236 valence electrons. The molecule has 0 radical (unpaired) electrons. The van der Waals surface area contributed by atoms with Gasteiger partial charge in [0.15, 0.2) is 23.3 Å². The molecule has 2 aromatic rings. The Bertz CT molecular complexity index is 1180. The fraction of sp³-hybridized carbons (Fsp3) is 0.444. The summed E-state index contributed by atoms with van der Waals surface area (Å²) in [5.41, 5.74) is 1.89. The lowest BCUT2D eigenvalue weighted by molar-refractivity contribution is -0.0294. The molecule has 2 aromatic carbocycles. The monoisotopic (exact) mass is 612 g/mol. The van der Waals surface area contributed by atoms with Gasteiger partial charge in [-0.05, 0) is 62.3 Å². The van der Waals surface area contributed by atoms with Crippen LogP contribution in [0, 0.1) is 34.9 Å². The normalized spacial score (nSPS) is 11.1. The highest BCUT2D eigenvalue weighted by Crippen LogP contribution is 2.19. The zero-order valence-corrected chi connectivity index (χ0v) is 24.5. The van der Waals surface area contributed by atoms with Crippen molar-refractivity contribution in [2.24, 2.45) is 0 Å². The Hall–Kier alpha value is -4.17. The number of amides is 1. The van der Waals surface area contributed by atoms with Gasteiger partial charge in [0, 0.05) is 24.3 Å². The summed E-state index contributed by atoms with van der Waals surface area (Å²) >= 11 is 0. The van der Waals surface area contributed by atoms with Gasteiger partial charge < -0.3 is 24.7 Å². The third kappa shape index (κ3) is 16.8. The maximum atomic E-state index is 13.1. The lowest BCUT2D eigenvalue weighted by Crippen LogP contribution is -2.29. The Labute approximate surface area is 239 Å². The summed E-state index contributed by atoms with van der Waals surface area (Å²) in [6.07, 6.45) is -3.06. The van der Waals surface area contributed by atoms with Crippen LogP contribution in [0.3, 0.4) is 0 Å². The van der Waals surface area contributed by atoms with Gasteiger partial charge in [0.05, 0.1) is 11.4 Å². The number of nitrogens with one attached hydrogen (secondary N) is 1. The summed E-state index contributed by atoms with van der Waals surface area (Å²) in [7, 11) is 0. The van der Waals surface area contributed by atoms with Crippen LogP contribution in [0.2, 0.25) is 0 Å². The molecular weight excluding hydrogens is 578 g/mol. The van der Waals surface area contributed by atoms with Crippen molar-refractivity contribution in [2.45, 2.75) is 79.1 Å². The van der Waals surface area contributed by atoms with Gasteiger partial charge in [0.2, 0.25) is 0 Å². The van der Waals surface area contributed by atoms with Gasteiger partial charge >= 0.3 is 18.4 Å². The van der Waals surface area contributed by atoms with Crippen LogP contribution >= 0.6 is 0 Å². The summed E-state index contributed by atoms with van der Waals surface area (Å²) in [5, 5.41) is 1.99. The maximum Gasteiger partial charge on any atom is 0.519 e. The maximum absolute atomic E-state index is 13.1. The zero-order chi connectivity index (χ0) is 33.2. The van der Waals surface area contributed by atoms with Crippen molar-refractivity contribution in [2.75, 3.05) is 11.1 Å². The lowest BCUT2D eigenvalue weighted by atomic mass is 10.2. The van der Waals surface area contributed by atoms with Crippen molar-refractivity contribution >= 4 is 29.8 Å². The molecule has 3 N–H and O–H groups in total. The van der Waals surface area contributed by atoms with E-state index in [-0.39, 0.29) is 5.69 Å². The van der Waals surface area contributed by atoms with Crippen molar-refractivity contribution in [3.63, 3.8) is 0 Å². The average molecular weight is 613 g/mol. The lowest BCUT2D eigenvalue weighted by Gasteiger charge is -2.20. The molecule has 0 aliphatic rings. The van der Waals surface area contributed by atoms with Crippen LogP contribution in [0.4, 0.5) is 52.1 Å². The Morgan fingerprint density at radius 1 is 0.571 bits per heavy atom. The van der Waals surface area contributed by atoms with E-state index >= 15 is 0 Å². The molecule has 0 spiro atoms. The first kappa shape index (κ1) is 37.8. The third-order valence-corrected chi connectivity index (χ3v) is 3.63. The van der Waals surface area contributed by atoms with E-state index in [4.69, 9.17) is 19.9 Å². The molecule has 15 heteroatoms. The second kappa shape index (κ2) is 15.2. The van der Waals surface area contributed by atoms with Crippen LogP contribution in [0.15, 0.2) is 24.3 Å². The van der Waals surface area contributed by atoms with E-state index in [2.05, 4.69) is 4.74 Å². The predicted molar refractivity (Wildman–Crippen MR) is 140 cm³/mol. The third-order valence-electron chi connectivity index (χ3n) is 3.63. The number of rotatable bonds is 1. The Balaban J connectivity index is 0.000000620. The summed E-state index contributed by atoms with van der Waals surface area (Å²) < 4.78 is 93.7. The van der Waals surface area contributed by atoms with E-state index in [1.165, 1.54) is 0 Å². The molecule has 0 aliphatic heterocycles. The first-order valence-electron chi connectivity index (χ1n) is 12.0. The number of nitrogens with two attached hydrogens (primary N) is 1. The molecule has 0 atom stereocenters.